The lowest BCUT2D eigenvalue weighted by molar-refractivity contribution is -0.132. The molecule has 1 aliphatic rings. The van der Waals surface area contributed by atoms with Gasteiger partial charge in [-0.25, -0.2) is 13.2 Å². The van der Waals surface area contributed by atoms with E-state index in [-0.39, 0.29) is 10.5 Å². The lowest BCUT2D eigenvalue weighted by Crippen LogP contribution is -2.49. The van der Waals surface area contributed by atoms with E-state index in [1.807, 2.05) is 30.3 Å². The molecule has 0 aromatic heterocycles. The van der Waals surface area contributed by atoms with E-state index in [1.54, 1.807) is 18.2 Å². The van der Waals surface area contributed by atoms with Crippen molar-refractivity contribution in [3.8, 4) is 5.75 Å². The lowest BCUT2D eigenvalue weighted by atomic mass is 10.1. The maximum absolute atomic E-state index is 13.1. The van der Waals surface area contributed by atoms with Gasteiger partial charge in [0.1, 0.15) is 12.4 Å². The van der Waals surface area contributed by atoms with Gasteiger partial charge in [-0.1, -0.05) is 42.5 Å². The first-order valence-corrected chi connectivity index (χ1v) is 12.6. The summed E-state index contributed by atoms with van der Waals surface area (Å²) in [7, 11) is -3.65. The number of sulfonamides is 1. The summed E-state index contributed by atoms with van der Waals surface area (Å²) in [5.74, 6) is -0.207. The van der Waals surface area contributed by atoms with E-state index in [1.165, 1.54) is 28.8 Å². The second kappa shape index (κ2) is 10.4. The van der Waals surface area contributed by atoms with Crippen LogP contribution in [-0.4, -0.2) is 68.0 Å². The highest BCUT2D eigenvalue weighted by molar-refractivity contribution is 7.89. The Labute approximate surface area is 199 Å². The molecule has 0 saturated carbocycles. The number of benzene rings is 3. The smallest absolute Gasteiger partial charge is 0.331 e. The first kappa shape index (κ1) is 23.9. The predicted octanol–water partition coefficient (Wildman–Crippen LogP) is 3.71. The number of aliphatic carboxylic acids is 1. The standard InChI is InChI=1S/C26H28N2O5S/c1-20(26(29)30)17-21-5-4-8-25(18-21)34(31,32)28-13-11-27(12-14-28)15-16-33-24-10-9-22-6-2-3-7-23(22)19-24/h2-10,17-19H,11-16H2,1H3,(H,29,30). The van der Waals surface area contributed by atoms with Gasteiger partial charge >= 0.3 is 5.97 Å². The molecule has 0 amide bonds. The molecule has 1 N–H and O–H groups in total. The lowest BCUT2D eigenvalue weighted by Gasteiger charge is -2.33. The van der Waals surface area contributed by atoms with E-state index < -0.39 is 16.0 Å². The highest BCUT2D eigenvalue weighted by Gasteiger charge is 2.28. The number of carboxylic acid groups (broad SMARTS) is 1. The van der Waals surface area contributed by atoms with Gasteiger partial charge in [0.15, 0.2) is 0 Å². The first-order valence-electron chi connectivity index (χ1n) is 11.2. The molecule has 1 aliphatic heterocycles. The van der Waals surface area contributed by atoms with Crippen LogP contribution in [0.15, 0.2) is 77.2 Å². The molecule has 8 heteroatoms. The van der Waals surface area contributed by atoms with Gasteiger partial charge in [-0.15, -0.1) is 0 Å². The highest BCUT2D eigenvalue weighted by atomic mass is 32.2. The van der Waals surface area contributed by atoms with E-state index in [2.05, 4.69) is 17.0 Å². The molecule has 178 valence electrons. The summed E-state index contributed by atoms with van der Waals surface area (Å²) in [4.78, 5) is 13.4. The Morgan fingerprint density at radius 1 is 0.971 bits per heavy atom. The van der Waals surface area contributed by atoms with E-state index in [4.69, 9.17) is 9.84 Å². The van der Waals surface area contributed by atoms with Crippen molar-refractivity contribution in [1.29, 1.82) is 0 Å². The van der Waals surface area contributed by atoms with Crippen LogP contribution in [0.2, 0.25) is 0 Å². The van der Waals surface area contributed by atoms with Crippen LogP contribution in [0.3, 0.4) is 0 Å². The van der Waals surface area contributed by atoms with Crippen molar-refractivity contribution in [2.75, 3.05) is 39.3 Å². The number of carboxylic acids is 1. The van der Waals surface area contributed by atoms with Gasteiger partial charge in [0.2, 0.25) is 10.0 Å². The third-order valence-electron chi connectivity index (χ3n) is 5.94. The topological polar surface area (TPSA) is 87.2 Å². The van der Waals surface area contributed by atoms with Crippen molar-refractivity contribution in [1.82, 2.24) is 9.21 Å². The number of rotatable bonds is 8. The van der Waals surface area contributed by atoms with E-state index in [9.17, 15) is 13.2 Å². The second-order valence-electron chi connectivity index (χ2n) is 8.31. The quantitative estimate of drug-likeness (QED) is 0.495. The number of hydrogen-bond donors (Lipinski definition) is 1. The zero-order chi connectivity index (χ0) is 24.1. The number of hydrogen-bond acceptors (Lipinski definition) is 5. The molecule has 3 aromatic carbocycles. The molecule has 0 radical (unpaired) electrons. The van der Waals surface area contributed by atoms with Crippen molar-refractivity contribution in [3.05, 3.63) is 77.9 Å². The van der Waals surface area contributed by atoms with Crippen LogP contribution >= 0.6 is 0 Å². The fourth-order valence-corrected chi connectivity index (χ4v) is 5.45. The van der Waals surface area contributed by atoms with Crippen LogP contribution in [-0.2, 0) is 14.8 Å². The average Bonchev–Trinajstić information content (AvgIpc) is 2.84. The maximum Gasteiger partial charge on any atom is 0.331 e. The van der Waals surface area contributed by atoms with Crippen LogP contribution in [0.4, 0.5) is 0 Å². The van der Waals surface area contributed by atoms with Crippen LogP contribution in [0, 0.1) is 0 Å². The Morgan fingerprint density at radius 2 is 1.71 bits per heavy atom. The minimum Gasteiger partial charge on any atom is -0.492 e. The SMILES string of the molecule is CC(=Cc1cccc(S(=O)(=O)N2CCN(CCOc3ccc4ccccc4c3)CC2)c1)C(=O)O. The van der Waals surface area contributed by atoms with E-state index >= 15 is 0 Å². The number of carbonyl (C=O) groups is 1. The summed E-state index contributed by atoms with van der Waals surface area (Å²) < 4.78 is 33.6. The Morgan fingerprint density at radius 3 is 2.44 bits per heavy atom. The number of nitrogens with zero attached hydrogens (tertiary/aromatic N) is 2. The molecule has 7 nitrogen and oxygen atoms in total. The number of fused-ring (bicyclic) bond motifs is 1. The van der Waals surface area contributed by atoms with Crippen molar-refractivity contribution in [2.24, 2.45) is 0 Å². The molecular weight excluding hydrogens is 452 g/mol. The molecule has 0 spiro atoms. The molecule has 0 bridgehead atoms. The van der Waals surface area contributed by atoms with Gasteiger partial charge in [0.05, 0.1) is 4.90 Å². The number of piperazine rings is 1. The summed E-state index contributed by atoms with van der Waals surface area (Å²) >= 11 is 0. The van der Waals surface area contributed by atoms with Crippen molar-refractivity contribution < 1.29 is 23.1 Å². The molecule has 3 aromatic rings. The molecule has 0 atom stereocenters. The fourth-order valence-electron chi connectivity index (χ4n) is 3.97. The summed E-state index contributed by atoms with van der Waals surface area (Å²) in [5, 5.41) is 11.4. The third kappa shape index (κ3) is 5.64. The van der Waals surface area contributed by atoms with Crippen molar-refractivity contribution in [3.63, 3.8) is 0 Å². The van der Waals surface area contributed by atoms with Gasteiger partial charge in [-0.2, -0.15) is 4.31 Å². The summed E-state index contributed by atoms with van der Waals surface area (Å²) in [5.41, 5.74) is 0.694. The van der Waals surface area contributed by atoms with Crippen LogP contribution in [0.25, 0.3) is 16.8 Å². The minimum absolute atomic E-state index is 0.147. The summed E-state index contributed by atoms with van der Waals surface area (Å²) in [6.07, 6.45) is 1.47. The van der Waals surface area contributed by atoms with Gasteiger partial charge in [-0.3, -0.25) is 4.90 Å². The van der Waals surface area contributed by atoms with Gasteiger partial charge in [-0.05, 0) is 53.6 Å². The Kier molecular flexibility index (Phi) is 7.31. The molecule has 1 fully saturated rings. The van der Waals surface area contributed by atoms with Crippen LogP contribution in [0.5, 0.6) is 5.75 Å². The molecular formula is C26H28N2O5S. The van der Waals surface area contributed by atoms with Crippen molar-refractivity contribution in [2.45, 2.75) is 11.8 Å². The zero-order valence-electron chi connectivity index (χ0n) is 19.1. The van der Waals surface area contributed by atoms with Gasteiger partial charge < -0.3 is 9.84 Å². The number of ether oxygens (including phenoxy) is 1. The third-order valence-corrected chi connectivity index (χ3v) is 7.84. The fraction of sp³-hybridized carbons (Fsp3) is 0.269. The second-order valence-corrected chi connectivity index (χ2v) is 10.2. The Hall–Kier alpha value is -3.20. The van der Waals surface area contributed by atoms with E-state index in [0.717, 1.165) is 17.7 Å². The predicted molar refractivity (Wildman–Crippen MR) is 132 cm³/mol. The molecule has 1 heterocycles. The Balaban J connectivity index is 1.31. The normalized spacial score (nSPS) is 16.0. The average molecular weight is 481 g/mol. The minimum atomic E-state index is -3.65. The molecule has 0 unspecified atom stereocenters. The molecule has 0 aliphatic carbocycles. The van der Waals surface area contributed by atoms with Crippen LogP contribution < -0.4 is 4.74 Å². The summed E-state index contributed by atoms with van der Waals surface area (Å²) in [6.45, 7) is 4.76. The first-order chi connectivity index (χ1) is 16.3. The van der Waals surface area contributed by atoms with E-state index in [0.29, 0.717) is 38.3 Å². The van der Waals surface area contributed by atoms with Crippen molar-refractivity contribution >= 4 is 32.8 Å². The molecule has 34 heavy (non-hydrogen) atoms. The Bertz CT molecular complexity index is 1310. The maximum atomic E-state index is 13.1. The van der Waals surface area contributed by atoms with Gasteiger partial charge in [0, 0.05) is 38.3 Å². The largest absolute Gasteiger partial charge is 0.492 e. The van der Waals surface area contributed by atoms with Gasteiger partial charge in [0.25, 0.3) is 0 Å². The monoisotopic (exact) mass is 480 g/mol. The summed E-state index contributed by atoms with van der Waals surface area (Å²) in [6, 6.07) is 20.6. The zero-order valence-corrected chi connectivity index (χ0v) is 19.9. The highest BCUT2D eigenvalue weighted by Crippen LogP contribution is 2.22. The molecule has 1 saturated heterocycles. The van der Waals surface area contributed by atoms with Crippen LogP contribution in [0.1, 0.15) is 12.5 Å². The molecule has 4 rings (SSSR count).